The third-order valence-electron chi connectivity index (χ3n) is 3.25. The molecule has 0 atom stereocenters. The number of carbonyl (C=O) groups is 1. The second-order valence-electron chi connectivity index (χ2n) is 4.56. The summed E-state index contributed by atoms with van der Waals surface area (Å²) in [6.45, 7) is 2.04. The van der Waals surface area contributed by atoms with Crippen molar-refractivity contribution in [1.29, 1.82) is 0 Å². The summed E-state index contributed by atoms with van der Waals surface area (Å²) in [7, 11) is 0. The van der Waals surface area contributed by atoms with Gasteiger partial charge in [-0.2, -0.15) is 0 Å². The topological polar surface area (TPSA) is 41.7 Å². The molecule has 2 heterocycles. The minimum absolute atomic E-state index is 0.308. The average molecular weight is 251 g/mol. The molecule has 2 aromatic heterocycles. The number of benzene rings is 1. The van der Waals surface area contributed by atoms with Crippen LogP contribution in [0.3, 0.4) is 0 Å². The Morgan fingerprint density at radius 2 is 1.95 bits per heavy atom. The number of hydrogen-bond donors (Lipinski definition) is 1. The Balaban J connectivity index is 2.27. The van der Waals surface area contributed by atoms with Crippen LogP contribution in [0.25, 0.3) is 16.8 Å². The molecule has 0 saturated carbocycles. The van der Waals surface area contributed by atoms with Crippen molar-refractivity contribution in [2.75, 3.05) is 0 Å². The molecule has 3 heteroatoms. The Kier molecular flexibility index (Phi) is 2.60. The highest BCUT2D eigenvalue weighted by Crippen LogP contribution is 2.27. The van der Waals surface area contributed by atoms with E-state index in [1.54, 1.807) is 18.2 Å². The Morgan fingerprint density at radius 3 is 2.74 bits per heavy atom. The first-order valence-electron chi connectivity index (χ1n) is 6.07. The molecule has 0 aliphatic heterocycles. The summed E-state index contributed by atoms with van der Waals surface area (Å²) in [6.07, 6.45) is 1.99. The van der Waals surface area contributed by atoms with Crippen molar-refractivity contribution in [1.82, 2.24) is 4.40 Å². The largest absolute Gasteiger partial charge is 0.478 e. The van der Waals surface area contributed by atoms with E-state index in [2.05, 4.69) is 10.5 Å². The summed E-state index contributed by atoms with van der Waals surface area (Å²) in [5.41, 5.74) is 4.51. The van der Waals surface area contributed by atoms with Gasteiger partial charge >= 0.3 is 5.97 Å². The number of fused-ring (bicyclic) bond motifs is 1. The fraction of sp³-hybridized carbons (Fsp3) is 0.0625. The van der Waals surface area contributed by atoms with Gasteiger partial charge in [0, 0.05) is 11.7 Å². The van der Waals surface area contributed by atoms with Crippen molar-refractivity contribution in [3.63, 3.8) is 0 Å². The van der Waals surface area contributed by atoms with Gasteiger partial charge < -0.3 is 9.51 Å². The maximum atomic E-state index is 11.1. The molecular formula is C16H13NO2. The van der Waals surface area contributed by atoms with Crippen molar-refractivity contribution in [3.05, 3.63) is 65.9 Å². The summed E-state index contributed by atoms with van der Waals surface area (Å²) < 4.78 is 2.08. The zero-order valence-corrected chi connectivity index (χ0v) is 10.5. The number of pyridine rings is 1. The van der Waals surface area contributed by atoms with Crippen molar-refractivity contribution < 1.29 is 9.90 Å². The molecule has 3 nitrogen and oxygen atoms in total. The van der Waals surface area contributed by atoms with E-state index in [4.69, 9.17) is 5.11 Å². The molecule has 0 radical (unpaired) electrons. The quantitative estimate of drug-likeness (QED) is 0.756. The molecule has 94 valence electrons. The minimum atomic E-state index is -0.902. The predicted octanol–water partition coefficient (Wildman–Crippen LogP) is 3.61. The maximum absolute atomic E-state index is 11.1. The molecule has 0 saturated heterocycles. The van der Waals surface area contributed by atoms with Gasteiger partial charge in [-0.15, -0.1) is 0 Å². The van der Waals surface area contributed by atoms with Crippen LogP contribution in [-0.4, -0.2) is 15.5 Å². The third kappa shape index (κ3) is 1.89. The monoisotopic (exact) mass is 251 g/mol. The lowest BCUT2D eigenvalue weighted by Gasteiger charge is -2.06. The van der Waals surface area contributed by atoms with Crippen LogP contribution in [-0.2, 0) is 0 Å². The minimum Gasteiger partial charge on any atom is -0.478 e. The molecular weight excluding hydrogens is 238 g/mol. The van der Waals surface area contributed by atoms with Crippen LogP contribution in [0.2, 0.25) is 0 Å². The molecule has 1 aromatic carbocycles. The standard InChI is InChI=1S/C16H13NO2/c1-11-9-14-7-2-3-8-17(14)15(11)12-5-4-6-13(10-12)16(18)19/h2-10H,1H3,(H,18,19). The van der Waals surface area contributed by atoms with Crippen molar-refractivity contribution >= 4 is 11.5 Å². The van der Waals surface area contributed by atoms with Gasteiger partial charge in [0.15, 0.2) is 0 Å². The fourth-order valence-electron chi connectivity index (χ4n) is 2.42. The Hall–Kier alpha value is -2.55. The summed E-state index contributed by atoms with van der Waals surface area (Å²) in [5.74, 6) is -0.902. The summed E-state index contributed by atoms with van der Waals surface area (Å²) in [5, 5.41) is 9.08. The van der Waals surface area contributed by atoms with Crippen LogP contribution in [0.4, 0.5) is 0 Å². The van der Waals surface area contributed by atoms with Crippen LogP contribution in [0.15, 0.2) is 54.7 Å². The van der Waals surface area contributed by atoms with E-state index < -0.39 is 5.97 Å². The molecule has 0 unspecified atom stereocenters. The Labute approximate surface area is 110 Å². The lowest BCUT2D eigenvalue weighted by Crippen LogP contribution is -1.97. The molecule has 1 N–H and O–H groups in total. The van der Waals surface area contributed by atoms with Crippen LogP contribution >= 0.6 is 0 Å². The van der Waals surface area contributed by atoms with E-state index in [1.165, 1.54) is 0 Å². The number of carboxylic acid groups (broad SMARTS) is 1. The van der Waals surface area contributed by atoms with Gasteiger partial charge in [0.05, 0.1) is 11.3 Å². The number of aromatic nitrogens is 1. The SMILES string of the molecule is Cc1cc2ccccn2c1-c1cccc(C(=O)O)c1. The third-order valence-corrected chi connectivity index (χ3v) is 3.25. The summed E-state index contributed by atoms with van der Waals surface area (Å²) in [6, 6.07) is 15.1. The van der Waals surface area contributed by atoms with E-state index in [0.29, 0.717) is 5.56 Å². The number of aryl methyl sites for hydroxylation is 1. The first kappa shape index (κ1) is 11.5. The predicted molar refractivity (Wildman–Crippen MR) is 74.5 cm³/mol. The molecule has 0 aliphatic carbocycles. The van der Waals surface area contributed by atoms with Gasteiger partial charge in [0.1, 0.15) is 0 Å². The Bertz CT molecular complexity index is 771. The van der Waals surface area contributed by atoms with Crippen LogP contribution in [0.1, 0.15) is 15.9 Å². The zero-order chi connectivity index (χ0) is 13.4. The average Bonchev–Trinajstić information content (AvgIpc) is 2.74. The molecule has 0 aliphatic rings. The lowest BCUT2D eigenvalue weighted by molar-refractivity contribution is 0.0697. The number of carboxylic acids is 1. The van der Waals surface area contributed by atoms with Gasteiger partial charge in [0.25, 0.3) is 0 Å². The van der Waals surface area contributed by atoms with E-state index >= 15 is 0 Å². The van der Waals surface area contributed by atoms with Gasteiger partial charge in [-0.25, -0.2) is 4.79 Å². The van der Waals surface area contributed by atoms with Crippen molar-refractivity contribution in [2.24, 2.45) is 0 Å². The van der Waals surface area contributed by atoms with Crippen LogP contribution in [0, 0.1) is 6.92 Å². The first-order chi connectivity index (χ1) is 9.16. The number of hydrogen-bond acceptors (Lipinski definition) is 1. The van der Waals surface area contributed by atoms with E-state index in [0.717, 1.165) is 22.3 Å². The van der Waals surface area contributed by atoms with Gasteiger partial charge in [-0.05, 0) is 48.4 Å². The highest BCUT2D eigenvalue weighted by molar-refractivity contribution is 5.89. The number of aromatic carboxylic acids is 1. The van der Waals surface area contributed by atoms with Gasteiger partial charge in [-0.3, -0.25) is 0 Å². The molecule has 3 aromatic rings. The summed E-state index contributed by atoms with van der Waals surface area (Å²) >= 11 is 0. The smallest absolute Gasteiger partial charge is 0.335 e. The number of rotatable bonds is 2. The molecule has 0 fully saturated rings. The van der Waals surface area contributed by atoms with Gasteiger partial charge in [-0.1, -0.05) is 18.2 Å². The van der Waals surface area contributed by atoms with Crippen molar-refractivity contribution in [2.45, 2.75) is 6.92 Å². The fourth-order valence-corrected chi connectivity index (χ4v) is 2.42. The highest BCUT2D eigenvalue weighted by Gasteiger charge is 2.11. The maximum Gasteiger partial charge on any atom is 0.335 e. The second kappa shape index (κ2) is 4.28. The second-order valence-corrected chi connectivity index (χ2v) is 4.56. The molecule has 3 rings (SSSR count). The van der Waals surface area contributed by atoms with Crippen LogP contribution in [0.5, 0.6) is 0 Å². The lowest BCUT2D eigenvalue weighted by atomic mass is 10.1. The molecule has 0 amide bonds. The normalized spacial score (nSPS) is 10.8. The zero-order valence-electron chi connectivity index (χ0n) is 10.5. The summed E-state index contributed by atoms with van der Waals surface area (Å²) in [4.78, 5) is 11.1. The molecule has 0 spiro atoms. The first-order valence-corrected chi connectivity index (χ1v) is 6.07. The highest BCUT2D eigenvalue weighted by atomic mass is 16.4. The Morgan fingerprint density at radius 1 is 1.11 bits per heavy atom. The van der Waals surface area contributed by atoms with Crippen LogP contribution < -0.4 is 0 Å². The molecule has 0 bridgehead atoms. The van der Waals surface area contributed by atoms with E-state index in [-0.39, 0.29) is 0 Å². The van der Waals surface area contributed by atoms with E-state index in [9.17, 15) is 4.79 Å². The van der Waals surface area contributed by atoms with Gasteiger partial charge in [0.2, 0.25) is 0 Å². The van der Waals surface area contributed by atoms with Crippen molar-refractivity contribution in [3.8, 4) is 11.3 Å². The number of nitrogens with zero attached hydrogens (tertiary/aromatic N) is 1. The van der Waals surface area contributed by atoms with E-state index in [1.807, 2.05) is 37.4 Å². The molecule has 19 heavy (non-hydrogen) atoms.